The van der Waals surface area contributed by atoms with E-state index in [4.69, 9.17) is 9.41 Å². The third-order valence-electron chi connectivity index (χ3n) is 3.71. The van der Waals surface area contributed by atoms with Crippen LogP contribution in [0.25, 0.3) is 0 Å². The summed E-state index contributed by atoms with van der Waals surface area (Å²) in [5, 5.41) is 6.69. The molecule has 1 atom stereocenters. The molecule has 1 rings (SSSR count). The van der Waals surface area contributed by atoms with Crippen LogP contribution in [0, 0.1) is 0 Å². The van der Waals surface area contributed by atoms with Gasteiger partial charge in [-0.2, -0.15) is 0 Å². The number of hydrogen-bond donors (Lipinski definition) is 2. The molecule has 0 fully saturated rings. The molecule has 0 aliphatic carbocycles. The van der Waals surface area contributed by atoms with Crippen LogP contribution in [0.3, 0.4) is 0 Å². The molecule has 1 unspecified atom stereocenters. The molecule has 126 valence electrons. The summed E-state index contributed by atoms with van der Waals surface area (Å²) in [6.45, 7) is 13.1. The number of hydrogen-bond acceptors (Lipinski definition) is 3. The molecule has 0 spiro atoms. The zero-order valence-electron chi connectivity index (χ0n) is 14.6. The second-order valence-corrected chi connectivity index (χ2v) is 5.25. The van der Waals surface area contributed by atoms with E-state index in [2.05, 4.69) is 43.2 Å². The van der Waals surface area contributed by atoms with E-state index >= 15 is 0 Å². The van der Waals surface area contributed by atoms with E-state index in [1.54, 1.807) is 6.26 Å². The first-order chi connectivity index (χ1) is 10.8. The molecule has 5 nitrogen and oxygen atoms in total. The van der Waals surface area contributed by atoms with Gasteiger partial charge in [-0.25, -0.2) is 0 Å². The van der Waals surface area contributed by atoms with Crippen molar-refractivity contribution in [1.29, 1.82) is 0 Å². The number of nitrogens with one attached hydrogen (secondary N) is 2. The van der Waals surface area contributed by atoms with Crippen LogP contribution in [0.1, 0.15) is 52.3 Å². The van der Waals surface area contributed by atoms with Crippen LogP contribution in [0.15, 0.2) is 27.8 Å². The molecule has 0 saturated carbocycles. The molecule has 1 aromatic heterocycles. The van der Waals surface area contributed by atoms with Gasteiger partial charge in [0.2, 0.25) is 0 Å². The third kappa shape index (κ3) is 6.10. The van der Waals surface area contributed by atoms with E-state index in [1.807, 2.05) is 12.1 Å². The van der Waals surface area contributed by atoms with E-state index in [9.17, 15) is 0 Å². The summed E-state index contributed by atoms with van der Waals surface area (Å²) < 4.78 is 5.62. The van der Waals surface area contributed by atoms with Crippen molar-refractivity contribution in [3.05, 3.63) is 24.2 Å². The van der Waals surface area contributed by atoms with Gasteiger partial charge >= 0.3 is 0 Å². The van der Waals surface area contributed by atoms with Crippen molar-refractivity contribution in [2.45, 2.75) is 46.6 Å². The lowest BCUT2D eigenvalue weighted by molar-refractivity contribution is 0.198. The minimum absolute atomic E-state index is 0.187. The summed E-state index contributed by atoms with van der Waals surface area (Å²) in [7, 11) is 0. The van der Waals surface area contributed by atoms with Gasteiger partial charge in [0.15, 0.2) is 5.96 Å². The zero-order valence-corrected chi connectivity index (χ0v) is 14.6. The summed E-state index contributed by atoms with van der Waals surface area (Å²) in [6, 6.07) is 4.17. The fraction of sp³-hybridized carbons (Fsp3) is 0.706. The second kappa shape index (κ2) is 11.1. The lowest BCUT2D eigenvalue weighted by atomic mass is 10.2. The highest BCUT2D eigenvalue weighted by atomic mass is 16.3. The number of nitrogens with zero attached hydrogens (tertiary/aromatic N) is 2. The molecule has 0 bridgehead atoms. The van der Waals surface area contributed by atoms with Gasteiger partial charge in [-0.1, -0.05) is 27.2 Å². The number of furan rings is 1. The van der Waals surface area contributed by atoms with Gasteiger partial charge in [0.05, 0.1) is 18.8 Å². The second-order valence-electron chi connectivity index (χ2n) is 5.25. The first-order valence-electron chi connectivity index (χ1n) is 8.56. The summed E-state index contributed by atoms with van der Waals surface area (Å²) >= 11 is 0. The molecule has 1 aromatic rings. The van der Waals surface area contributed by atoms with Crippen molar-refractivity contribution in [3.63, 3.8) is 0 Å². The van der Waals surface area contributed by atoms with Gasteiger partial charge in [-0.05, 0) is 38.6 Å². The van der Waals surface area contributed by atoms with E-state index < -0.39 is 0 Å². The standard InChI is InChI=1S/C17H32N4O/c1-5-9-12-19-17(18-6-2)20-14-15(21(7-3)8-4)16-11-10-13-22-16/h10-11,13,15H,5-9,12,14H2,1-4H3,(H2,18,19,20). The van der Waals surface area contributed by atoms with Crippen LogP contribution in [-0.4, -0.2) is 43.6 Å². The lowest BCUT2D eigenvalue weighted by Crippen LogP contribution is -2.39. The molecule has 0 radical (unpaired) electrons. The maximum Gasteiger partial charge on any atom is 0.191 e. The van der Waals surface area contributed by atoms with Gasteiger partial charge in [0, 0.05) is 13.1 Å². The molecular weight excluding hydrogens is 276 g/mol. The normalized spacial score (nSPS) is 13.4. The van der Waals surface area contributed by atoms with Crippen LogP contribution in [0.5, 0.6) is 0 Å². The van der Waals surface area contributed by atoms with Gasteiger partial charge < -0.3 is 15.1 Å². The number of aliphatic imine (C=N–C) groups is 1. The highest BCUT2D eigenvalue weighted by molar-refractivity contribution is 5.79. The van der Waals surface area contributed by atoms with Crippen molar-refractivity contribution in [2.24, 2.45) is 4.99 Å². The van der Waals surface area contributed by atoms with E-state index in [1.165, 1.54) is 6.42 Å². The number of rotatable bonds is 10. The average Bonchev–Trinajstić information content (AvgIpc) is 3.05. The maximum absolute atomic E-state index is 5.62. The minimum Gasteiger partial charge on any atom is -0.468 e. The van der Waals surface area contributed by atoms with Crippen molar-refractivity contribution < 1.29 is 4.42 Å². The molecule has 22 heavy (non-hydrogen) atoms. The predicted octanol–water partition coefficient (Wildman–Crippen LogP) is 3.02. The summed E-state index contributed by atoms with van der Waals surface area (Å²) in [6.07, 6.45) is 4.07. The molecule has 1 heterocycles. The average molecular weight is 308 g/mol. The molecule has 0 aliphatic rings. The summed E-state index contributed by atoms with van der Waals surface area (Å²) in [5.41, 5.74) is 0. The Morgan fingerprint density at radius 3 is 2.55 bits per heavy atom. The Morgan fingerprint density at radius 1 is 1.23 bits per heavy atom. The molecule has 2 N–H and O–H groups in total. The fourth-order valence-corrected chi connectivity index (χ4v) is 2.43. The number of guanidine groups is 1. The molecule has 5 heteroatoms. The van der Waals surface area contributed by atoms with Crippen LogP contribution >= 0.6 is 0 Å². The van der Waals surface area contributed by atoms with Crippen LogP contribution in [-0.2, 0) is 0 Å². The SMILES string of the molecule is CCCCNC(=NCC(c1ccco1)N(CC)CC)NCC. The quantitative estimate of drug-likeness (QED) is 0.396. The molecule has 0 amide bonds. The highest BCUT2D eigenvalue weighted by Crippen LogP contribution is 2.21. The monoisotopic (exact) mass is 308 g/mol. The molecule has 0 aliphatic heterocycles. The van der Waals surface area contributed by atoms with Crippen molar-refractivity contribution in [2.75, 3.05) is 32.7 Å². The summed E-state index contributed by atoms with van der Waals surface area (Å²) in [5.74, 6) is 1.87. The van der Waals surface area contributed by atoms with Gasteiger partial charge in [0.25, 0.3) is 0 Å². The molecule has 0 aromatic carbocycles. The van der Waals surface area contributed by atoms with E-state index in [0.29, 0.717) is 6.54 Å². The Bertz CT molecular complexity index is 399. The van der Waals surface area contributed by atoms with Crippen molar-refractivity contribution in [1.82, 2.24) is 15.5 Å². The zero-order chi connectivity index (χ0) is 16.2. The first kappa shape index (κ1) is 18.6. The Labute approximate surface area is 135 Å². The topological polar surface area (TPSA) is 52.8 Å². The van der Waals surface area contributed by atoms with E-state index in [0.717, 1.165) is 44.3 Å². The third-order valence-corrected chi connectivity index (χ3v) is 3.71. The van der Waals surface area contributed by atoms with Crippen LogP contribution in [0.2, 0.25) is 0 Å². The number of unbranched alkanes of at least 4 members (excludes halogenated alkanes) is 1. The molecule has 0 saturated heterocycles. The predicted molar refractivity (Wildman–Crippen MR) is 93.3 cm³/mol. The lowest BCUT2D eigenvalue weighted by Gasteiger charge is -2.27. The van der Waals surface area contributed by atoms with Gasteiger partial charge in [0.1, 0.15) is 5.76 Å². The highest BCUT2D eigenvalue weighted by Gasteiger charge is 2.20. The number of likely N-dealkylation sites (N-methyl/N-ethyl adjacent to an activating group) is 1. The van der Waals surface area contributed by atoms with Crippen molar-refractivity contribution >= 4 is 5.96 Å². The fourth-order valence-electron chi connectivity index (χ4n) is 2.43. The van der Waals surface area contributed by atoms with Crippen LogP contribution in [0.4, 0.5) is 0 Å². The summed E-state index contributed by atoms with van der Waals surface area (Å²) in [4.78, 5) is 7.12. The van der Waals surface area contributed by atoms with Crippen molar-refractivity contribution in [3.8, 4) is 0 Å². The van der Waals surface area contributed by atoms with Gasteiger partial charge in [-0.3, -0.25) is 9.89 Å². The first-order valence-corrected chi connectivity index (χ1v) is 8.56. The Hall–Kier alpha value is -1.49. The molecular formula is C17H32N4O. The Morgan fingerprint density at radius 2 is 2.00 bits per heavy atom. The van der Waals surface area contributed by atoms with Gasteiger partial charge in [-0.15, -0.1) is 0 Å². The minimum atomic E-state index is 0.187. The Kier molecular flexibility index (Phi) is 9.39. The maximum atomic E-state index is 5.62. The van der Waals surface area contributed by atoms with E-state index in [-0.39, 0.29) is 6.04 Å². The van der Waals surface area contributed by atoms with Crippen LogP contribution < -0.4 is 10.6 Å². The largest absolute Gasteiger partial charge is 0.468 e. The smallest absolute Gasteiger partial charge is 0.191 e. The Balaban J connectivity index is 2.75.